The minimum atomic E-state index is -0.386. The topological polar surface area (TPSA) is 99.2 Å². The summed E-state index contributed by atoms with van der Waals surface area (Å²) in [6.07, 6.45) is 4.73. The fourth-order valence-electron chi connectivity index (χ4n) is 1.62. The molecular weight excluding hydrogens is 264 g/mol. The van der Waals surface area contributed by atoms with Gasteiger partial charge in [-0.3, -0.25) is 14.3 Å². The molecule has 0 bridgehead atoms. The van der Waals surface area contributed by atoms with E-state index in [4.69, 9.17) is 4.52 Å². The normalized spacial score (nSPS) is 10.3. The summed E-state index contributed by atoms with van der Waals surface area (Å²) in [4.78, 5) is 22.9. The maximum Gasteiger partial charge on any atom is 0.307 e. The Balaban J connectivity index is 2.04. The fourth-order valence-corrected chi connectivity index (χ4v) is 1.62. The molecule has 0 unspecified atom stereocenters. The fraction of sp³-hybridized carbons (Fsp3) is 0.333. The van der Waals surface area contributed by atoms with Gasteiger partial charge in [-0.05, 0) is 0 Å². The molecule has 0 saturated heterocycles. The summed E-state index contributed by atoms with van der Waals surface area (Å²) in [7, 11) is 3.06. The van der Waals surface area contributed by atoms with Gasteiger partial charge in [0.25, 0.3) is 5.91 Å². The Bertz CT molecular complexity index is 617. The first-order valence-corrected chi connectivity index (χ1v) is 5.90. The molecule has 0 atom stereocenters. The van der Waals surface area contributed by atoms with Crippen LogP contribution in [0.3, 0.4) is 0 Å². The molecule has 0 spiro atoms. The molecule has 0 aromatic carbocycles. The van der Waals surface area contributed by atoms with Crippen LogP contribution in [0.4, 0.5) is 0 Å². The number of esters is 1. The van der Waals surface area contributed by atoms with Gasteiger partial charge in [0.2, 0.25) is 0 Å². The lowest BCUT2D eigenvalue weighted by Gasteiger charge is -2.03. The van der Waals surface area contributed by atoms with Crippen molar-refractivity contribution in [3.63, 3.8) is 0 Å². The van der Waals surface area contributed by atoms with E-state index in [0.29, 0.717) is 16.9 Å². The molecule has 1 N–H and O–H groups in total. The first kappa shape index (κ1) is 13.8. The molecular formula is C12H14N4O4. The molecule has 2 heterocycles. The monoisotopic (exact) mass is 278 g/mol. The van der Waals surface area contributed by atoms with Gasteiger partial charge in [0.1, 0.15) is 5.56 Å². The summed E-state index contributed by atoms with van der Waals surface area (Å²) in [5, 5.41) is 10.2. The first-order valence-electron chi connectivity index (χ1n) is 5.90. The van der Waals surface area contributed by atoms with Crippen molar-refractivity contribution in [2.75, 3.05) is 13.7 Å². The van der Waals surface area contributed by atoms with Gasteiger partial charge in [-0.15, -0.1) is 0 Å². The third-order valence-electron chi connectivity index (χ3n) is 2.62. The first-order chi connectivity index (χ1) is 9.61. The van der Waals surface area contributed by atoms with Gasteiger partial charge >= 0.3 is 5.97 Å². The summed E-state index contributed by atoms with van der Waals surface area (Å²) >= 11 is 0. The van der Waals surface area contributed by atoms with Gasteiger partial charge in [-0.2, -0.15) is 5.10 Å². The van der Waals surface area contributed by atoms with Crippen LogP contribution in [-0.4, -0.2) is 40.5 Å². The molecule has 1 amide bonds. The number of carbonyl (C=O) groups excluding carboxylic acids is 2. The SMILES string of the molecule is COC(=O)CCNC(=O)c1cnoc1-c1cnn(C)c1. The Kier molecular flexibility index (Phi) is 4.14. The van der Waals surface area contributed by atoms with Crippen LogP contribution in [0.15, 0.2) is 23.1 Å². The predicted octanol–water partition coefficient (Wildman–Crippen LogP) is 0.368. The minimum absolute atomic E-state index is 0.107. The molecule has 0 radical (unpaired) electrons. The summed E-state index contributed by atoms with van der Waals surface area (Å²) in [5.74, 6) is -0.411. The van der Waals surface area contributed by atoms with Crippen LogP contribution >= 0.6 is 0 Å². The van der Waals surface area contributed by atoms with Gasteiger partial charge in [-0.25, -0.2) is 0 Å². The van der Waals surface area contributed by atoms with Gasteiger partial charge in [-0.1, -0.05) is 5.16 Å². The molecule has 8 nitrogen and oxygen atoms in total. The van der Waals surface area contributed by atoms with E-state index < -0.39 is 0 Å². The predicted molar refractivity (Wildman–Crippen MR) is 67.7 cm³/mol. The highest BCUT2D eigenvalue weighted by Crippen LogP contribution is 2.22. The Morgan fingerprint density at radius 3 is 2.90 bits per heavy atom. The Morgan fingerprint density at radius 2 is 2.25 bits per heavy atom. The van der Waals surface area contributed by atoms with Crippen molar-refractivity contribution in [3.05, 3.63) is 24.2 Å². The lowest BCUT2D eigenvalue weighted by molar-refractivity contribution is -0.140. The molecule has 2 aromatic heterocycles. The van der Waals surface area contributed by atoms with Crippen LogP contribution in [0.5, 0.6) is 0 Å². The number of hydrogen-bond acceptors (Lipinski definition) is 6. The number of carbonyl (C=O) groups is 2. The second-order valence-electron chi connectivity index (χ2n) is 4.05. The smallest absolute Gasteiger partial charge is 0.307 e. The molecule has 2 rings (SSSR count). The minimum Gasteiger partial charge on any atom is -0.469 e. The van der Waals surface area contributed by atoms with E-state index in [2.05, 4.69) is 20.3 Å². The van der Waals surface area contributed by atoms with E-state index in [0.717, 1.165) is 0 Å². The maximum absolute atomic E-state index is 12.0. The molecule has 0 aliphatic heterocycles. The molecule has 20 heavy (non-hydrogen) atoms. The highest BCUT2D eigenvalue weighted by atomic mass is 16.5. The number of rotatable bonds is 5. The van der Waals surface area contributed by atoms with Crippen molar-refractivity contribution in [3.8, 4) is 11.3 Å². The number of methoxy groups -OCH3 is 1. The van der Waals surface area contributed by atoms with E-state index in [1.165, 1.54) is 13.3 Å². The van der Waals surface area contributed by atoms with E-state index in [-0.39, 0.29) is 24.8 Å². The quantitative estimate of drug-likeness (QED) is 0.793. The molecule has 0 fully saturated rings. The summed E-state index contributed by atoms with van der Waals surface area (Å²) < 4.78 is 11.2. The Morgan fingerprint density at radius 1 is 1.45 bits per heavy atom. The van der Waals surface area contributed by atoms with Crippen molar-refractivity contribution in [1.82, 2.24) is 20.3 Å². The van der Waals surface area contributed by atoms with Crippen LogP contribution < -0.4 is 5.32 Å². The Labute approximate surface area is 114 Å². The zero-order valence-corrected chi connectivity index (χ0v) is 11.1. The molecule has 106 valence electrons. The van der Waals surface area contributed by atoms with Gasteiger partial charge in [0.05, 0.1) is 31.5 Å². The molecule has 0 aliphatic rings. The zero-order valence-electron chi connectivity index (χ0n) is 11.1. The second-order valence-corrected chi connectivity index (χ2v) is 4.05. The highest BCUT2D eigenvalue weighted by molar-refractivity contribution is 5.99. The van der Waals surface area contributed by atoms with Crippen LogP contribution in [0.1, 0.15) is 16.8 Å². The molecule has 2 aromatic rings. The molecule has 0 saturated carbocycles. The van der Waals surface area contributed by atoms with Crippen LogP contribution in [-0.2, 0) is 16.6 Å². The summed E-state index contributed by atoms with van der Waals surface area (Å²) in [5.41, 5.74) is 0.950. The van der Waals surface area contributed by atoms with Gasteiger partial charge in [0.15, 0.2) is 5.76 Å². The number of aryl methyl sites for hydroxylation is 1. The van der Waals surface area contributed by atoms with Gasteiger partial charge in [0, 0.05) is 19.8 Å². The largest absolute Gasteiger partial charge is 0.469 e. The van der Waals surface area contributed by atoms with Crippen molar-refractivity contribution >= 4 is 11.9 Å². The molecule has 8 heteroatoms. The Hall–Kier alpha value is -2.64. The van der Waals surface area contributed by atoms with Gasteiger partial charge < -0.3 is 14.6 Å². The average Bonchev–Trinajstić information content (AvgIpc) is 3.06. The van der Waals surface area contributed by atoms with E-state index in [1.807, 2.05) is 0 Å². The third-order valence-corrected chi connectivity index (χ3v) is 2.62. The van der Waals surface area contributed by atoms with Crippen molar-refractivity contribution in [1.29, 1.82) is 0 Å². The van der Waals surface area contributed by atoms with Crippen molar-refractivity contribution < 1.29 is 18.8 Å². The number of nitrogens with zero attached hydrogens (tertiary/aromatic N) is 3. The van der Waals surface area contributed by atoms with E-state index in [1.54, 1.807) is 24.1 Å². The van der Waals surface area contributed by atoms with Crippen LogP contribution in [0.25, 0.3) is 11.3 Å². The van der Waals surface area contributed by atoms with Crippen LogP contribution in [0.2, 0.25) is 0 Å². The lowest BCUT2D eigenvalue weighted by Crippen LogP contribution is -2.26. The highest BCUT2D eigenvalue weighted by Gasteiger charge is 2.18. The van der Waals surface area contributed by atoms with Crippen LogP contribution in [0, 0.1) is 0 Å². The van der Waals surface area contributed by atoms with E-state index >= 15 is 0 Å². The number of nitrogens with one attached hydrogen (secondary N) is 1. The summed E-state index contributed by atoms with van der Waals surface area (Å²) in [6, 6.07) is 0. The van der Waals surface area contributed by atoms with Crippen molar-refractivity contribution in [2.45, 2.75) is 6.42 Å². The number of hydrogen-bond donors (Lipinski definition) is 1. The average molecular weight is 278 g/mol. The second kappa shape index (κ2) is 6.00. The van der Waals surface area contributed by atoms with Crippen molar-refractivity contribution in [2.24, 2.45) is 7.05 Å². The standard InChI is InChI=1S/C12H14N4O4/c1-16-7-8(5-14-16)11-9(6-15-20-11)12(18)13-4-3-10(17)19-2/h5-7H,3-4H2,1-2H3,(H,13,18). The number of aromatic nitrogens is 3. The number of ether oxygens (including phenoxy) is 1. The zero-order chi connectivity index (χ0) is 14.5. The lowest BCUT2D eigenvalue weighted by atomic mass is 10.1. The third kappa shape index (κ3) is 3.02. The molecule has 0 aliphatic carbocycles. The maximum atomic E-state index is 12.0. The summed E-state index contributed by atoms with van der Waals surface area (Å²) in [6.45, 7) is 0.184. The number of amides is 1. The van der Waals surface area contributed by atoms with E-state index in [9.17, 15) is 9.59 Å².